The Balaban J connectivity index is 1.65. The molecule has 164 valence electrons. The van der Waals surface area contributed by atoms with Crippen molar-refractivity contribution in [3.8, 4) is 0 Å². The SMILES string of the molecule is Cc1cc(SC(C)C(=O)Nc2ccc(S(=O)(=O)NCC(C)C)cc2)nc2ccccc12. The number of anilines is 1. The van der Waals surface area contributed by atoms with Gasteiger partial charge in [0.1, 0.15) is 0 Å². The van der Waals surface area contributed by atoms with Gasteiger partial charge in [-0.2, -0.15) is 0 Å². The van der Waals surface area contributed by atoms with Crippen molar-refractivity contribution < 1.29 is 13.2 Å². The van der Waals surface area contributed by atoms with E-state index in [9.17, 15) is 13.2 Å². The van der Waals surface area contributed by atoms with E-state index in [4.69, 9.17) is 0 Å². The summed E-state index contributed by atoms with van der Waals surface area (Å²) in [5, 5.41) is 4.36. The third kappa shape index (κ3) is 6.06. The average molecular weight is 458 g/mol. The molecule has 0 saturated heterocycles. The second kappa shape index (κ2) is 9.80. The van der Waals surface area contributed by atoms with E-state index >= 15 is 0 Å². The number of carbonyl (C=O) groups excluding carboxylic acids is 1. The van der Waals surface area contributed by atoms with Crippen molar-refractivity contribution in [1.82, 2.24) is 9.71 Å². The molecule has 6 nitrogen and oxygen atoms in total. The number of aromatic nitrogens is 1. The number of sulfonamides is 1. The van der Waals surface area contributed by atoms with Crippen LogP contribution in [0.15, 0.2) is 64.5 Å². The van der Waals surface area contributed by atoms with Crippen LogP contribution >= 0.6 is 11.8 Å². The van der Waals surface area contributed by atoms with E-state index in [1.54, 1.807) is 12.1 Å². The lowest BCUT2D eigenvalue weighted by molar-refractivity contribution is -0.115. The zero-order valence-electron chi connectivity index (χ0n) is 18.0. The number of nitrogens with zero attached hydrogens (tertiary/aromatic N) is 1. The number of benzene rings is 2. The van der Waals surface area contributed by atoms with Gasteiger partial charge in [0.15, 0.2) is 0 Å². The number of para-hydroxylation sites is 1. The number of hydrogen-bond acceptors (Lipinski definition) is 5. The number of rotatable bonds is 8. The van der Waals surface area contributed by atoms with Crippen molar-refractivity contribution >= 4 is 44.3 Å². The fourth-order valence-corrected chi connectivity index (χ4v) is 5.07. The van der Waals surface area contributed by atoms with Crippen molar-refractivity contribution in [1.29, 1.82) is 0 Å². The summed E-state index contributed by atoms with van der Waals surface area (Å²) in [5.41, 5.74) is 2.56. The Morgan fingerprint density at radius 2 is 1.74 bits per heavy atom. The molecule has 1 atom stereocenters. The molecule has 0 fully saturated rings. The Bertz CT molecular complexity index is 1180. The molecule has 0 aliphatic rings. The molecule has 1 amide bonds. The molecule has 0 spiro atoms. The summed E-state index contributed by atoms with van der Waals surface area (Å²) in [5.74, 6) is 0.0411. The van der Waals surface area contributed by atoms with E-state index in [1.807, 2.05) is 58.0 Å². The van der Waals surface area contributed by atoms with Gasteiger partial charge in [0, 0.05) is 17.6 Å². The first kappa shape index (κ1) is 23.2. The predicted molar refractivity (Wildman–Crippen MR) is 127 cm³/mol. The van der Waals surface area contributed by atoms with Crippen LogP contribution in [0.3, 0.4) is 0 Å². The molecule has 3 aromatic rings. The first-order valence-corrected chi connectivity index (χ1v) is 12.5. The molecule has 0 saturated carbocycles. The van der Waals surface area contributed by atoms with Gasteiger partial charge < -0.3 is 5.32 Å². The Hall–Kier alpha value is -2.42. The highest BCUT2D eigenvalue weighted by atomic mass is 32.2. The number of amides is 1. The van der Waals surface area contributed by atoms with Crippen molar-refractivity contribution in [2.45, 2.75) is 42.9 Å². The third-order valence-electron chi connectivity index (χ3n) is 4.68. The maximum atomic E-state index is 12.6. The van der Waals surface area contributed by atoms with E-state index in [2.05, 4.69) is 15.0 Å². The molecular weight excluding hydrogens is 430 g/mol. The fraction of sp³-hybridized carbons (Fsp3) is 0.304. The summed E-state index contributed by atoms with van der Waals surface area (Å²) in [4.78, 5) is 17.4. The van der Waals surface area contributed by atoms with Gasteiger partial charge in [-0.05, 0) is 61.7 Å². The van der Waals surface area contributed by atoms with Crippen molar-refractivity contribution in [3.05, 3.63) is 60.2 Å². The van der Waals surface area contributed by atoms with Crippen LogP contribution in [0.1, 0.15) is 26.3 Å². The normalized spacial score (nSPS) is 12.8. The van der Waals surface area contributed by atoms with Gasteiger partial charge in [0.25, 0.3) is 0 Å². The fourth-order valence-electron chi connectivity index (χ4n) is 2.93. The van der Waals surface area contributed by atoms with Gasteiger partial charge in [-0.25, -0.2) is 18.1 Å². The minimum atomic E-state index is -3.55. The maximum absolute atomic E-state index is 12.6. The van der Waals surface area contributed by atoms with Gasteiger partial charge in [0.05, 0.1) is 20.7 Å². The lowest BCUT2D eigenvalue weighted by Gasteiger charge is -2.13. The maximum Gasteiger partial charge on any atom is 0.240 e. The van der Waals surface area contributed by atoms with E-state index < -0.39 is 10.0 Å². The van der Waals surface area contributed by atoms with Crippen molar-refractivity contribution in [2.75, 3.05) is 11.9 Å². The topological polar surface area (TPSA) is 88.2 Å². The Morgan fingerprint density at radius 1 is 1.06 bits per heavy atom. The van der Waals surface area contributed by atoms with Gasteiger partial charge in [-0.1, -0.05) is 43.8 Å². The summed E-state index contributed by atoms with van der Waals surface area (Å²) >= 11 is 1.39. The quantitative estimate of drug-likeness (QED) is 0.483. The van der Waals surface area contributed by atoms with Crippen LogP contribution in [-0.4, -0.2) is 31.1 Å². The molecule has 0 bridgehead atoms. The summed E-state index contributed by atoms with van der Waals surface area (Å²) in [6.45, 7) is 8.10. The monoisotopic (exact) mass is 457 g/mol. The van der Waals surface area contributed by atoms with Crippen LogP contribution < -0.4 is 10.0 Å². The molecule has 31 heavy (non-hydrogen) atoms. The van der Waals surface area contributed by atoms with Crippen molar-refractivity contribution in [2.24, 2.45) is 5.92 Å². The van der Waals surface area contributed by atoms with E-state index in [-0.39, 0.29) is 22.0 Å². The number of fused-ring (bicyclic) bond motifs is 1. The molecular formula is C23H27N3O3S2. The van der Waals surface area contributed by atoms with E-state index in [0.717, 1.165) is 21.5 Å². The van der Waals surface area contributed by atoms with Gasteiger partial charge in [0.2, 0.25) is 15.9 Å². The molecule has 2 aromatic carbocycles. The summed E-state index contributed by atoms with van der Waals surface area (Å²) in [6, 6.07) is 16.1. The second-order valence-corrected chi connectivity index (χ2v) is 10.9. The molecule has 1 aromatic heterocycles. The largest absolute Gasteiger partial charge is 0.325 e. The molecule has 0 aliphatic carbocycles. The third-order valence-corrected chi connectivity index (χ3v) is 7.14. The van der Waals surface area contributed by atoms with Gasteiger partial charge >= 0.3 is 0 Å². The van der Waals surface area contributed by atoms with E-state index in [0.29, 0.717) is 12.2 Å². The van der Waals surface area contributed by atoms with Crippen LogP contribution in [0.25, 0.3) is 10.9 Å². The first-order chi connectivity index (χ1) is 14.7. The Kier molecular flexibility index (Phi) is 7.35. The number of pyridine rings is 1. The van der Waals surface area contributed by atoms with Crippen LogP contribution in [0, 0.1) is 12.8 Å². The number of nitrogens with one attached hydrogen (secondary N) is 2. The van der Waals surface area contributed by atoms with Gasteiger partial charge in [-0.3, -0.25) is 4.79 Å². The summed E-state index contributed by atoms with van der Waals surface area (Å²) < 4.78 is 27.2. The highest BCUT2D eigenvalue weighted by Gasteiger charge is 2.18. The van der Waals surface area contributed by atoms with Crippen LogP contribution in [0.2, 0.25) is 0 Å². The molecule has 3 rings (SSSR count). The number of aryl methyl sites for hydroxylation is 1. The number of hydrogen-bond donors (Lipinski definition) is 2. The average Bonchev–Trinajstić information content (AvgIpc) is 2.73. The molecule has 2 N–H and O–H groups in total. The smallest absolute Gasteiger partial charge is 0.240 e. The Labute approximate surface area is 187 Å². The highest BCUT2D eigenvalue weighted by Crippen LogP contribution is 2.27. The number of carbonyl (C=O) groups is 1. The van der Waals surface area contributed by atoms with Crippen LogP contribution in [0.4, 0.5) is 5.69 Å². The minimum Gasteiger partial charge on any atom is -0.325 e. The van der Waals surface area contributed by atoms with E-state index in [1.165, 1.54) is 23.9 Å². The first-order valence-electron chi connectivity index (χ1n) is 10.1. The molecule has 0 aliphatic heterocycles. The predicted octanol–water partition coefficient (Wildman–Crippen LogP) is 4.60. The summed E-state index contributed by atoms with van der Waals surface area (Å²) in [7, 11) is -3.55. The van der Waals surface area contributed by atoms with Crippen LogP contribution in [0.5, 0.6) is 0 Å². The molecule has 1 unspecified atom stereocenters. The lowest BCUT2D eigenvalue weighted by atomic mass is 10.1. The lowest BCUT2D eigenvalue weighted by Crippen LogP contribution is -2.27. The van der Waals surface area contributed by atoms with Crippen molar-refractivity contribution in [3.63, 3.8) is 0 Å². The molecule has 0 radical (unpaired) electrons. The Morgan fingerprint density at radius 3 is 2.42 bits per heavy atom. The molecule has 1 heterocycles. The van der Waals surface area contributed by atoms with Gasteiger partial charge in [-0.15, -0.1) is 0 Å². The minimum absolute atomic E-state index is 0.171. The standard InChI is InChI=1S/C23H27N3O3S2/c1-15(2)14-24-31(28,29)19-11-9-18(10-12-19)25-23(27)17(4)30-22-13-16(3)20-7-5-6-8-21(20)26-22/h5-13,15,17,24H,14H2,1-4H3,(H,25,27). The van der Waals surface area contributed by atoms with Crippen LogP contribution in [-0.2, 0) is 14.8 Å². The number of thioether (sulfide) groups is 1. The molecule has 8 heteroatoms. The highest BCUT2D eigenvalue weighted by molar-refractivity contribution is 8.00. The summed E-state index contributed by atoms with van der Waals surface area (Å²) in [6.07, 6.45) is 0. The zero-order valence-corrected chi connectivity index (χ0v) is 19.7. The second-order valence-electron chi connectivity index (χ2n) is 7.81. The zero-order chi connectivity index (χ0) is 22.6.